The van der Waals surface area contributed by atoms with Gasteiger partial charge in [0.2, 0.25) is 5.89 Å². The van der Waals surface area contributed by atoms with E-state index in [1.807, 2.05) is 0 Å². The number of ether oxygens (including phenoxy) is 2. The molecule has 0 amide bonds. The van der Waals surface area contributed by atoms with Gasteiger partial charge < -0.3 is 19.2 Å². The summed E-state index contributed by atoms with van der Waals surface area (Å²) in [6.45, 7) is 2.94. The van der Waals surface area contributed by atoms with Gasteiger partial charge >= 0.3 is 17.6 Å². The Morgan fingerprint density at radius 1 is 0.931 bits per heavy atom. The number of anilines is 1. The first-order valence-electron chi connectivity index (χ1n) is 8.77. The molecule has 2 heterocycles. The maximum atomic E-state index is 12.3. The van der Waals surface area contributed by atoms with Crippen LogP contribution < -0.4 is 10.9 Å². The number of esters is 2. The Balaban J connectivity index is 1.71. The average molecular weight is 392 g/mol. The van der Waals surface area contributed by atoms with Gasteiger partial charge in [-0.15, -0.1) is 0 Å². The van der Waals surface area contributed by atoms with Gasteiger partial charge in [-0.25, -0.2) is 19.4 Å². The predicted octanol–water partition coefficient (Wildman–Crippen LogP) is 2.99. The molecule has 1 saturated heterocycles. The van der Waals surface area contributed by atoms with Crippen molar-refractivity contribution in [2.45, 2.75) is 19.6 Å². The van der Waals surface area contributed by atoms with Crippen LogP contribution in [0.25, 0.3) is 22.4 Å². The predicted molar refractivity (Wildman–Crippen MR) is 104 cm³/mol. The van der Waals surface area contributed by atoms with E-state index >= 15 is 0 Å². The van der Waals surface area contributed by atoms with E-state index in [9.17, 15) is 14.4 Å². The van der Waals surface area contributed by atoms with E-state index in [1.165, 1.54) is 20.0 Å². The van der Waals surface area contributed by atoms with Gasteiger partial charge in [-0.05, 0) is 24.3 Å². The van der Waals surface area contributed by atoms with Crippen LogP contribution >= 0.6 is 0 Å². The Hall–Kier alpha value is -3.94. The Labute approximate surface area is 164 Å². The molecule has 3 aromatic rings. The maximum Gasteiger partial charge on any atom is 0.350 e. The molecule has 0 spiro atoms. The Morgan fingerprint density at radius 3 is 2.34 bits per heavy atom. The number of nitrogens with zero attached hydrogens (tertiary/aromatic N) is 1. The summed E-state index contributed by atoms with van der Waals surface area (Å²) >= 11 is 0. The minimum atomic E-state index is -1.32. The summed E-state index contributed by atoms with van der Waals surface area (Å²) in [6.07, 6.45) is 1.19. The third-order valence-electron chi connectivity index (χ3n) is 4.18. The van der Waals surface area contributed by atoms with Crippen molar-refractivity contribution in [2.24, 2.45) is 0 Å². The molecule has 1 N–H and O–H groups in total. The number of carbonyl (C=O) groups is 2. The molecule has 0 saturated carbocycles. The van der Waals surface area contributed by atoms with E-state index < -0.39 is 23.4 Å². The lowest BCUT2D eigenvalue weighted by molar-refractivity contribution is -0.222. The summed E-state index contributed by atoms with van der Waals surface area (Å²) < 4.78 is 15.5. The second-order valence-corrected chi connectivity index (χ2v) is 6.75. The molecular formula is C21H16N2O6. The molecular weight excluding hydrogens is 376 g/mol. The van der Waals surface area contributed by atoms with Gasteiger partial charge in [0.1, 0.15) is 0 Å². The van der Waals surface area contributed by atoms with Crippen molar-refractivity contribution in [1.29, 1.82) is 0 Å². The zero-order chi connectivity index (χ0) is 20.6. The van der Waals surface area contributed by atoms with Crippen molar-refractivity contribution in [1.82, 2.24) is 4.98 Å². The van der Waals surface area contributed by atoms with Gasteiger partial charge in [-0.3, -0.25) is 0 Å². The van der Waals surface area contributed by atoms with Crippen molar-refractivity contribution in [3.8, 4) is 11.5 Å². The molecule has 0 radical (unpaired) electrons. The summed E-state index contributed by atoms with van der Waals surface area (Å²) in [5.74, 6) is -2.81. The molecule has 2 aromatic carbocycles. The molecule has 146 valence electrons. The highest BCUT2D eigenvalue weighted by atomic mass is 16.7. The second kappa shape index (κ2) is 6.90. The maximum absolute atomic E-state index is 12.3. The zero-order valence-electron chi connectivity index (χ0n) is 15.6. The van der Waals surface area contributed by atoms with Crippen molar-refractivity contribution >= 4 is 28.5 Å². The highest BCUT2D eigenvalue weighted by molar-refractivity contribution is 6.15. The fourth-order valence-electron chi connectivity index (χ4n) is 2.86. The first kappa shape index (κ1) is 18.4. The second-order valence-electron chi connectivity index (χ2n) is 6.75. The van der Waals surface area contributed by atoms with Crippen LogP contribution in [-0.4, -0.2) is 22.7 Å². The average Bonchev–Trinajstić information content (AvgIpc) is 2.67. The zero-order valence-corrected chi connectivity index (χ0v) is 15.6. The first-order valence-corrected chi connectivity index (χ1v) is 8.77. The van der Waals surface area contributed by atoms with Crippen LogP contribution in [0.1, 0.15) is 13.8 Å². The third kappa shape index (κ3) is 3.60. The highest BCUT2D eigenvalue weighted by Crippen LogP contribution is 2.28. The molecule has 0 unspecified atom stereocenters. The van der Waals surface area contributed by atoms with Gasteiger partial charge in [-0.1, -0.05) is 24.3 Å². The van der Waals surface area contributed by atoms with Gasteiger partial charge in [0, 0.05) is 20.0 Å². The summed E-state index contributed by atoms with van der Waals surface area (Å²) in [5.41, 5.74) is 0.641. The number of hydrogen-bond donors (Lipinski definition) is 1. The standard InChI is InChI=1S/C21H16N2O6/c1-21(2)28-19(25)14(20(26)29-21)11-22-15-9-5-3-7-12(15)17-23-16-10-6-4-8-13(16)18(24)27-17/h3-11,22H,1-2H3. The van der Waals surface area contributed by atoms with Gasteiger partial charge in [0.05, 0.1) is 22.2 Å². The van der Waals surface area contributed by atoms with E-state index in [0.717, 1.165) is 0 Å². The van der Waals surface area contributed by atoms with Crippen LogP contribution in [0, 0.1) is 0 Å². The number of para-hydroxylation sites is 2. The fourth-order valence-corrected chi connectivity index (χ4v) is 2.86. The minimum absolute atomic E-state index is 0.102. The summed E-state index contributed by atoms with van der Waals surface area (Å²) in [4.78, 5) is 40.8. The van der Waals surface area contributed by atoms with Crippen LogP contribution in [0.5, 0.6) is 0 Å². The van der Waals surface area contributed by atoms with Crippen LogP contribution in [0.4, 0.5) is 5.69 Å². The summed E-state index contributed by atoms with van der Waals surface area (Å²) in [6, 6.07) is 13.7. The number of benzene rings is 2. The summed E-state index contributed by atoms with van der Waals surface area (Å²) in [5, 5.41) is 3.25. The first-order chi connectivity index (χ1) is 13.8. The smallest absolute Gasteiger partial charge is 0.350 e. The molecule has 8 heteroatoms. The molecule has 1 aliphatic rings. The number of fused-ring (bicyclic) bond motifs is 1. The quantitative estimate of drug-likeness (QED) is 0.412. The Kier molecular flexibility index (Phi) is 4.38. The molecule has 0 aliphatic carbocycles. The van der Waals surface area contributed by atoms with Crippen LogP contribution in [-0.2, 0) is 19.1 Å². The molecule has 1 aliphatic heterocycles. The number of carbonyl (C=O) groups excluding carboxylic acids is 2. The lowest BCUT2D eigenvalue weighted by atomic mass is 10.1. The summed E-state index contributed by atoms with van der Waals surface area (Å²) in [7, 11) is 0. The molecule has 1 aromatic heterocycles. The molecule has 0 bridgehead atoms. The van der Waals surface area contributed by atoms with Crippen LogP contribution in [0.15, 0.2) is 69.5 Å². The van der Waals surface area contributed by atoms with Gasteiger partial charge in [0.15, 0.2) is 5.57 Å². The van der Waals surface area contributed by atoms with Gasteiger partial charge in [0.25, 0.3) is 5.79 Å². The lowest BCUT2D eigenvalue weighted by Gasteiger charge is -2.29. The fraction of sp³-hybridized carbons (Fsp3) is 0.143. The third-order valence-corrected chi connectivity index (χ3v) is 4.18. The SMILES string of the molecule is CC1(C)OC(=O)C(=CNc2ccccc2-c2nc3ccccc3c(=O)o2)C(=O)O1. The van der Waals surface area contributed by atoms with Crippen molar-refractivity contribution < 1.29 is 23.5 Å². The monoisotopic (exact) mass is 392 g/mol. The Morgan fingerprint density at radius 2 is 1.59 bits per heavy atom. The van der Waals surface area contributed by atoms with Crippen molar-refractivity contribution in [3.05, 3.63) is 70.7 Å². The minimum Gasteiger partial charge on any atom is -0.419 e. The molecule has 0 atom stereocenters. The normalized spacial score (nSPS) is 15.6. The van der Waals surface area contributed by atoms with Crippen LogP contribution in [0.2, 0.25) is 0 Å². The topological polar surface area (TPSA) is 108 Å². The molecule has 8 nitrogen and oxygen atoms in total. The number of cyclic esters (lactones) is 2. The van der Waals surface area contributed by atoms with E-state index in [1.54, 1.807) is 48.5 Å². The highest BCUT2D eigenvalue weighted by Gasteiger charge is 2.39. The molecule has 29 heavy (non-hydrogen) atoms. The lowest BCUT2D eigenvalue weighted by Crippen LogP contribution is -2.42. The molecule has 4 rings (SSSR count). The number of nitrogens with one attached hydrogen (secondary N) is 1. The number of aromatic nitrogens is 1. The van der Waals surface area contributed by atoms with Crippen LogP contribution in [0.3, 0.4) is 0 Å². The Bertz CT molecular complexity index is 1200. The van der Waals surface area contributed by atoms with E-state index in [4.69, 9.17) is 13.9 Å². The van der Waals surface area contributed by atoms with E-state index in [0.29, 0.717) is 22.2 Å². The van der Waals surface area contributed by atoms with Gasteiger partial charge in [-0.2, -0.15) is 0 Å². The van der Waals surface area contributed by atoms with E-state index in [2.05, 4.69) is 10.3 Å². The largest absolute Gasteiger partial charge is 0.419 e. The number of rotatable bonds is 3. The van der Waals surface area contributed by atoms with Crippen molar-refractivity contribution in [2.75, 3.05) is 5.32 Å². The molecule has 1 fully saturated rings. The van der Waals surface area contributed by atoms with E-state index in [-0.39, 0.29) is 11.5 Å². The van der Waals surface area contributed by atoms with Crippen molar-refractivity contribution in [3.63, 3.8) is 0 Å². The number of hydrogen-bond acceptors (Lipinski definition) is 8.